The van der Waals surface area contributed by atoms with Crippen LogP contribution in [0.2, 0.25) is 0 Å². The maximum atomic E-state index is 5.94. The number of hydrogen-bond donors (Lipinski definition) is 1. The molecule has 5 nitrogen and oxygen atoms in total. The molecule has 0 saturated carbocycles. The van der Waals surface area contributed by atoms with Crippen molar-refractivity contribution in [3.05, 3.63) is 89.4 Å². The van der Waals surface area contributed by atoms with E-state index in [0.29, 0.717) is 12.5 Å². The van der Waals surface area contributed by atoms with Crippen molar-refractivity contribution in [1.82, 2.24) is 15.2 Å². The highest BCUT2D eigenvalue weighted by Gasteiger charge is 2.21. The van der Waals surface area contributed by atoms with Gasteiger partial charge in [0.25, 0.3) is 0 Å². The first-order valence-electron chi connectivity index (χ1n) is 10.8. The van der Waals surface area contributed by atoms with Gasteiger partial charge in [0.15, 0.2) is 5.82 Å². The maximum Gasteiger partial charge on any atom is 0.156 e. The number of aromatic nitrogens is 3. The quantitative estimate of drug-likeness (QED) is 0.493. The number of para-hydroxylation sites is 1. The number of rotatable bonds is 5. The Labute approximate surface area is 182 Å². The van der Waals surface area contributed by atoms with Gasteiger partial charge in [0.1, 0.15) is 5.75 Å². The first-order valence-corrected chi connectivity index (χ1v) is 10.8. The molecule has 5 heteroatoms. The van der Waals surface area contributed by atoms with Gasteiger partial charge in [-0.15, -0.1) is 5.10 Å². The summed E-state index contributed by atoms with van der Waals surface area (Å²) in [6, 6.07) is 20.8. The summed E-state index contributed by atoms with van der Waals surface area (Å²) in [5, 5.41) is 15.0. The second kappa shape index (κ2) is 8.34. The third-order valence-corrected chi connectivity index (χ3v) is 6.06. The number of nitrogens with one attached hydrogen (secondary N) is 1. The lowest BCUT2D eigenvalue weighted by Gasteiger charge is -2.25. The smallest absolute Gasteiger partial charge is 0.156 e. The second-order valence-electron chi connectivity index (χ2n) is 8.30. The molecule has 156 valence electrons. The average molecular weight is 411 g/mol. The van der Waals surface area contributed by atoms with E-state index >= 15 is 0 Å². The van der Waals surface area contributed by atoms with Crippen molar-refractivity contribution in [3.8, 4) is 5.75 Å². The average Bonchev–Trinajstić information content (AvgIpc) is 2.82. The summed E-state index contributed by atoms with van der Waals surface area (Å²) in [4.78, 5) is 4.32. The van der Waals surface area contributed by atoms with E-state index in [0.717, 1.165) is 46.7 Å². The zero-order valence-corrected chi connectivity index (χ0v) is 17.9. The molecule has 3 heterocycles. The minimum atomic E-state index is 0.136. The predicted octanol–water partition coefficient (Wildman–Crippen LogP) is 5.15. The van der Waals surface area contributed by atoms with E-state index in [2.05, 4.69) is 76.0 Å². The molecule has 1 aliphatic rings. The highest BCUT2D eigenvalue weighted by Crippen LogP contribution is 2.32. The summed E-state index contributed by atoms with van der Waals surface area (Å²) in [5.74, 6) is 2.37. The van der Waals surface area contributed by atoms with Crippen LogP contribution in [0, 0.1) is 12.8 Å². The van der Waals surface area contributed by atoms with E-state index < -0.39 is 0 Å². The number of nitrogens with zero attached hydrogens (tertiary/aromatic N) is 3. The molecule has 1 N–H and O–H groups in total. The van der Waals surface area contributed by atoms with E-state index in [1.807, 2.05) is 25.3 Å². The van der Waals surface area contributed by atoms with Crippen molar-refractivity contribution in [2.45, 2.75) is 26.2 Å². The van der Waals surface area contributed by atoms with Gasteiger partial charge in [-0.05, 0) is 42.7 Å². The molecule has 2 aromatic heterocycles. The first kappa shape index (κ1) is 19.5. The highest BCUT2D eigenvalue weighted by atomic mass is 16.5. The Kier molecular flexibility index (Phi) is 5.24. The number of pyridine rings is 1. The van der Waals surface area contributed by atoms with Crippen LogP contribution in [0.15, 0.2) is 66.9 Å². The Morgan fingerprint density at radius 3 is 2.71 bits per heavy atom. The molecule has 0 amide bonds. The lowest BCUT2D eigenvalue weighted by molar-refractivity contribution is 0.229. The van der Waals surface area contributed by atoms with Gasteiger partial charge < -0.3 is 10.1 Å². The predicted molar refractivity (Wildman–Crippen MR) is 124 cm³/mol. The van der Waals surface area contributed by atoms with E-state index in [-0.39, 0.29) is 5.92 Å². The molecule has 5 rings (SSSR count). The molecule has 0 aliphatic carbocycles. The van der Waals surface area contributed by atoms with Gasteiger partial charge in [-0.3, -0.25) is 4.98 Å². The zero-order valence-electron chi connectivity index (χ0n) is 17.9. The Bertz CT molecular complexity index is 1220. The molecule has 4 aromatic rings. The molecule has 1 aliphatic heterocycles. The molecule has 0 radical (unpaired) electrons. The fraction of sp³-hybridized carbons (Fsp3) is 0.269. The highest BCUT2D eigenvalue weighted by molar-refractivity contribution is 5.93. The van der Waals surface area contributed by atoms with Crippen LogP contribution < -0.4 is 10.1 Å². The SMILES string of the molecule is Cc1cc(C(C)c2nnc(NCC3COc4ccccc4C3)c3ccccc23)ccn1. The van der Waals surface area contributed by atoms with Crippen molar-refractivity contribution in [3.63, 3.8) is 0 Å². The Hall–Kier alpha value is -3.47. The molecule has 0 spiro atoms. The summed E-state index contributed by atoms with van der Waals surface area (Å²) in [6.07, 6.45) is 2.86. The van der Waals surface area contributed by atoms with Crippen LogP contribution in [0.1, 0.15) is 35.4 Å². The fourth-order valence-electron chi connectivity index (χ4n) is 4.33. The van der Waals surface area contributed by atoms with Crippen LogP contribution >= 0.6 is 0 Å². The number of hydrogen-bond acceptors (Lipinski definition) is 5. The number of benzene rings is 2. The van der Waals surface area contributed by atoms with Gasteiger partial charge in [-0.1, -0.05) is 49.4 Å². The van der Waals surface area contributed by atoms with Crippen molar-refractivity contribution in [2.24, 2.45) is 5.92 Å². The molecular formula is C26H26N4O. The lowest BCUT2D eigenvalue weighted by atomic mass is 9.94. The van der Waals surface area contributed by atoms with Gasteiger partial charge in [0.05, 0.1) is 12.3 Å². The summed E-state index contributed by atoms with van der Waals surface area (Å²) >= 11 is 0. The molecular weight excluding hydrogens is 384 g/mol. The summed E-state index contributed by atoms with van der Waals surface area (Å²) in [7, 11) is 0. The van der Waals surface area contributed by atoms with Crippen molar-refractivity contribution >= 4 is 16.6 Å². The maximum absolute atomic E-state index is 5.94. The third-order valence-electron chi connectivity index (χ3n) is 6.06. The number of ether oxygens (including phenoxy) is 1. The fourth-order valence-corrected chi connectivity index (χ4v) is 4.33. The molecule has 0 fully saturated rings. The monoisotopic (exact) mass is 410 g/mol. The lowest BCUT2D eigenvalue weighted by Crippen LogP contribution is -2.27. The first-order chi connectivity index (χ1) is 15.2. The molecule has 0 saturated heterocycles. The normalized spacial score (nSPS) is 16.4. The van der Waals surface area contributed by atoms with E-state index in [1.54, 1.807) is 0 Å². The summed E-state index contributed by atoms with van der Waals surface area (Å²) < 4.78 is 5.94. The van der Waals surface area contributed by atoms with E-state index in [9.17, 15) is 0 Å². The largest absolute Gasteiger partial charge is 0.493 e. The topological polar surface area (TPSA) is 59.9 Å². The minimum Gasteiger partial charge on any atom is -0.493 e. The van der Waals surface area contributed by atoms with Crippen LogP contribution in [0.25, 0.3) is 10.8 Å². The number of anilines is 1. The van der Waals surface area contributed by atoms with Gasteiger partial charge in [0, 0.05) is 41.0 Å². The van der Waals surface area contributed by atoms with Gasteiger partial charge in [-0.2, -0.15) is 5.10 Å². The van der Waals surface area contributed by atoms with Gasteiger partial charge in [0.2, 0.25) is 0 Å². The van der Waals surface area contributed by atoms with Crippen molar-refractivity contribution in [2.75, 3.05) is 18.5 Å². The number of aryl methyl sites for hydroxylation is 1. The summed E-state index contributed by atoms with van der Waals surface area (Å²) in [6.45, 7) is 5.70. The van der Waals surface area contributed by atoms with Crippen molar-refractivity contribution in [1.29, 1.82) is 0 Å². The Balaban J connectivity index is 1.39. The van der Waals surface area contributed by atoms with E-state index in [1.165, 1.54) is 11.1 Å². The molecule has 2 atom stereocenters. The second-order valence-corrected chi connectivity index (χ2v) is 8.30. The standard InChI is InChI=1S/C26H26N4O/c1-17-13-20(11-12-27-17)18(2)25-22-8-4-5-9-23(22)26(30-29-25)28-15-19-14-21-7-3-6-10-24(21)31-16-19/h3-13,18-19H,14-16H2,1-2H3,(H,28,30). The van der Waals surface area contributed by atoms with Gasteiger partial charge in [-0.25, -0.2) is 0 Å². The molecule has 0 bridgehead atoms. The van der Waals surface area contributed by atoms with E-state index in [4.69, 9.17) is 4.74 Å². The minimum absolute atomic E-state index is 0.136. The Morgan fingerprint density at radius 2 is 1.84 bits per heavy atom. The van der Waals surface area contributed by atoms with Gasteiger partial charge >= 0.3 is 0 Å². The summed E-state index contributed by atoms with van der Waals surface area (Å²) in [5.41, 5.74) is 4.47. The van der Waals surface area contributed by atoms with Crippen LogP contribution in [0.4, 0.5) is 5.82 Å². The zero-order chi connectivity index (χ0) is 21.2. The number of fused-ring (bicyclic) bond motifs is 2. The van der Waals surface area contributed by atoms with Crippen LogP contribution in [-0.2, 0) is 6.42 Å². The van der Waals surface area contributed by atoms with Crippen LogP contribution in [-0.4, -0.2) is 28.3 Å². The molecule has 31 heavy (non-hydrogen) atoms. The molecule has 2 aromatic carbocycles. The van der Waals surface area contributed by atoms with Crippen LogP contribution in [0.3, 0.4) is 0 Å². The van der Waals surface area contributed by atoms with Crippen molar-refractivity contribution < 1.29 is 4.74 Å². The molecule has 2 unspecified atom stereocenters. The van der Waals surface area contributed by atoms with Crippen LogP contribution in [0.5, 0.6) is 5.75 Å². The third kappa shape index (κ3) is 3.96. The Morgan fingerprint density at radius 1 is 1.03 bits per heavy atom.